The molecule has 2 fully saturated rings. The summed E-state index contributed by atoms with van der Waals surface area (Å²) in [5.74, 6) is 1.24. The van der Waals surface area contributed by atoms with Crippen molar-refractivity contribution in [1.82, 2.24) is 0 Å². The fourth-order valence-corrected chi connectivity index (χ4v) is 4.47. The van der Waals surface area contributed by atoms with Crippen LogP contribution >= 0.6 is 0 Å². The molecule has 3 unspecified atom stereocenters. The molecule has 2 bridgehead atoms. The predicted molar refractivity (Wildman–Crippen MR) is 93.8 cm³/mol. The number of nitrogens with two attached hydrogens (primary N) is 1. The number of ether oxygens (including phenoxy) is 1. The summed E-state index contributed by atoms with van der Waals surface area (Å²) in [5, 5.41) is 3.33. The highest BCUT2D eigenvalue weighted by Gasteiger charge is 2.40. The van der Waals surface area contributed by atoms with Crippen LogP contribution in [0.5, 0.6) is 0 Å². The molecular weight excluding hydrogens is 286 g/mol. The molecule has 0 amide bonds. The lowest BCUT2D eigenvalue weighted by molar-refractivity contribution is 0.0917. The van der Waals surface area contributed by atoms with Gasteiger partial charge in [0.15, 0.2) is 5.96 Å². The Hall–Kier alpha value is -1.55. The molecule has 4 nitrogen and oxygen atoms in total. The molecule has 1 aromatic rings. The molecule has 1 aliphatic carbocycles. The van der Waals surface area contributed by atoms with Gasteiger partial charge >= 0.3 is 0 Å². The molecule has 2 aliphatic heterocycles. The molecule has 0 aromatic heterocycles. The number of rotatable bonds is 4. The van der Waals surface area contributed by atoms with Gasteiger partial charge < -0.3 is 15.8 Å². The van der Waals surface area contributed by atoms with Crippen LogP contribution in [0.25, 0.3) is 0 Å². The third-order valence-electron chi connectivity index (χ3n) is 5.67. The SMILES string of the molecule is NC(=NCCC1CC2CCC1O2)Nc1cccc2c1CCCC2. The van der Waals surface area contributed by atoms with Crippen molar-refractivity contribution in [2.24, 2.45) is 16.6 Å². The number of fused-ring (bicyclic) bond motifs is 3. The second kappa shape index (κ2) is 6.52. The summed E-state index contributed by atoms with van der Waals surface area (Å²) in [6, 6.07) is 6.48. The van der Waals surface area contributed by atoms with E-state index in [0.29, 0.717) is 24.1 Å². The average Bonchev–Trinajstić information content (AvgIpc) is 3.18. The minimum atomic E-state index is 0.491. The van der Waals surface area contributed by atoms with E-state index in [1.54, 1.807) is 0 Å². The van der Waals surface area contributed by atoms with Gasteiger partial charge in [0.25, 0.3) is 0 Å². The Balaban J connectivity index is 1.33. The molecule has 0 radical (unpaired) electrons. The van der Waals surface area contributed by atoms with Crippen molar-refractivity contribution in [3.63, 3.8) is 0 Å². The number of aryl methyl sites for hydroxylation is 1. The van der Waals surface area contributed by atoms with Crippen molar-refractivity contribution < 1.29 is 4.74 Å². The quantitative estimate of drug-likeness (QED) is 0.662. The smallest absolute Gasteiger partial charge is 0.193 e. The number of nitrogens with zero attached hydrogens (tertiary/aromatic N) is 1. The van der Waals surface area contributed by atoms with Crippen molar-refractivity contribution >= 4 is 11.6 Å². The maximum absolute atomic E-state index is 6.11. The van der Waals surface area contributed by atoms with E-state index in [2.05, 4.69) is 28.5 Å². The number of guanidine groups is 1. The van der Waals surface area contributed by atoms with E-state index in [1.165, 1.54) is 49.7 Å². The molecule has 4 rings (SSSR count). The van der Waals surface area contributed by atoms with Gasteiger partial charge in [0.2, 0.25) is 0 Å². The van der Waals surface area contributed by atoms with E-state index in [4.69, 9.17) is 10.5 Å². The molecule has 0 saturated carbocycles. The van der Waals surface area contributed by atoms with E-state index in [9.17, 15) is 0 Å². The summed E-state index contributed by atoms with van der Waals surface area (Å²) >= 11 is 0. The van der Waals surface area contributed by atoms with E-state index >= 15 is 0 Å². The fraction of sp³-hybridized carbons (Fsp3) is 0.632. The van der Waals surface area contributed by atoms with E-state index in [1.807, 2.05) is 0 Å². The van der Waals surface area contributed by atoms with Gasteiger partial charge in [-0.05, 0) is 74.5 Å². The Bertz CT molecular complexity index is 598. The van der Waals surface area contributed by atoms with Gasteiger partial charge in [-0.3, -0.25) is 4.99 Å². The van der Waals surface area contributed by atoms with Gasteiger partial charge in [0.05, 0.1) is 12.2 Å². The molecule has 3 N–H and O–H groups in total. The monoisotopic (exact) mass is 313 g/mol. The van der Waals surface area contributed by atoms with Crippen molar-refractivity contribution in [1.29, 1.82) is 0 Å². The molecule has 2 heterocycles. The first-order chi connectivity index (χ1) is 11.3. The van der Waals surface area contributed by atoms with Gasteiger partial charge in [-0.25, -0.2) is 0 Å². The summed E-state index contributed by atoms with van der Waals surface area (Å²) < 4.78 is 5.90. The third kappa shape index (κ3) is 3.23. The van der Waals surface area contributed by atoms with Gasteiger partial charge in [-0.1, -0.05) is 12.1 Å². The lowest BCUT2D eigenvalue weighted by Crippen LogP contribution is -2.25. The zero-order chi connectivity index (χ0) is 15.6. The molecule has 0 spiro atoms. The van der Waals surface area contributed by atoms with E-state index in [-0.39, 0.29) is 0 Å². The largest absolute Gasteiger partial charge is 0.375 e. The first kappa shape index (κ1) is 15.0. The number of hydrogen-bond donors (Lipinski definition) is 2. The van der Waals surface area contributed by atoms with Crippen LogP contribution in [-0.2, 0) is 17.6 Å². The summed E-state index contributed by atoms with van der Waals surface area (Å²) in [5.41, 5.74) is 10.1. The standard InChI is InChI=1S/C19H27N3O/c20-19(21-11-10-14-12-15-8-9-18(14)23-15)22-17-7-3-5-13-4-1-2-6-16(13)17/h3,5,7,14-15,18H,1-2,4,6,8-12H2,(H3,20,21,22). The van der Waals surface area contributed by atoms with Crippen LogP contribution < -0.4 is 11.1 Å². The van der Waals surface area contributed by atoms with Crippen LogP contribution in [0.4, 0.5) is 5.69 Å². The van der Waals surface area contributed by atoms with Crippen molar-refractivity contribution in [2.45, 2.75) is 63.6 Å². The zero-order valence-electron chi connectivity index (χ0n) is 13.8. The molecule has 124 valence electrons. The first-order valence-corrected chi connectivity index (χ1v) is 9.13. The van der Waals surface area contributed by atoms with Gasteiger partial charge in [-0.15, -0.1) is 0 Å². The highest BCUT2D eigenvalue weighted by atomic mass is 16.5. The van der Waals surface area contributed by atoms with E-state index in [0.717, 1.165) is 25.1 Å². The van der Waals surface area contributed by atoms with Crippen molar-refractivity contribution in [3.8, 4) is 0 Å². The Morgan fingerprint density at radius 3 is 3.00 bits per heavy atom. The molecule has 3 aliphatic rings. The fourth-order valence-electron chi connectivity index (χ4n) is 4.47. The van der Waals surface area contributed by atoms with Crippen LogP contribution in [0, 0.1) is 5.92 Å². The van der Waals surface area contributed by atoms with E-state index < -0.39 is 0 Å². The summed E-state index contributed by atoms with van der Waals surface area (Å²) in [4.78, 5) is 4.54. The normalized spacial score (nSPS) is 29.6. The van der Waals surface area contributed by atoms with Gasteiger partial charge in [0.1, 0.15) is 0 Å². The van der Waals surface area contributed by atoms with Gasteiger partial charge in [0, 0.05) is 12.2 Å². The maximum atomic E-state index is 6.11. The van der Waals surface area contributed by atoms with Crippen LogP contribution in [0.3, 0.4) is 0 Å². The Kier molecular flexibility index (Phi) is 4.25. The first-order valence-electron chi connectivity index (χ1n) is 9.13. The number of aliphatic imine (C=N–C) groups is 1. The second-order valence-corrected chi connectivity index (χ2v) is 7.20. The van der Waals surface area contributed by atoms with Crippen LogP contribution in [-0.4, -0.2) is 24.7 Å². The zero-order valence-corrected chi connectivity index (χ0v) is 13.8. The summed E-state index contributed by atoms with van der Waals surface area (Å²) in [6.45, 7) is 0.797. The molecule has 1 aromatic carbocycles. The molecule has 3 atom stereocenters. The lowest BCUT2D eigenvalue weighted by Gasteiger charge is -2.20. The van der Waals surface area contributed by atoms with Crippen LogP contribution in [0.1, 0.15) is 49.7 Å². The Morgan fingerprint density at radius 1 is 1.26 bits per heavy atom. The highest BCUT2D eigenvalue weighted by molar-refractivity contribution is 5.93. The number of hydrogen-bond acceptors (Lipinski definition) is 2. The number of nitrogens with one attached hydrogen (secondary N) is 1. The minimum Gasteiger partial charge on any atom is -0.375 e. The molecule has 23 heavy (non-hydrogen) atoms. The van der Waals surface area contributed by atoms with Crippen molar-refractivity contribution in [3.05, 3.63) is 29.3 Å². The van der Waals surface area contributed by atoms with Crippen LogP contribution in [0.2, 0.25) is 0 Å². The Labute approximate surface area is 138 Å². The summed E-state index contributed by atoms with van der Waals surface area (Å²) in [7, 11) is 0. The van der Waals surface area contributed by atoms with Crippen molar-refractivity contribution in [2.75, 3.05) is 11.9 Å². The average molecular weight is 313 g/mol. The van der Waals surface area contributed by atoms with Gasteiger partial charge in [-0.2, -0.15) is 0 Å². The topological polar surface area (TPSA) is 59.6 Å². The third-order valence-corrected chi connectivity index (χ3v) is 5.67. The second-order valence-electron chi connectivity index (χ2n) is 7.20. The number of anilines is 1. The minimum absolute atomic E-state index is 0.491. The summed E-state index contributed by atoms with van der Waals surface area (Å²) in [6.07, 6.45) is 10.7. The maximum Gasteiger partial charge on any atom is 0.193 e. The van der Waals surface area contributed by atoms with Crippen LogP contribution in [0.15, 0.2) is 23.2 Å². The molecular formula is C19H27N3O. The molecule has 2 saturated heterocycles. The highest BCUT2D eigenvalue weighted by Crippen LogP contribution is 2.40. The predicted octanol–water partition coefficient (Wildman–Crippen LogP) is 3.25. The number of benzene rings is 1. The lowest BCUT2D eigenvalue weighted by atomic mass is 9.87. The Morgan fingerprint density at radius 2 is 2.17 bits per heavy atom. The molecule has 4 heteroatoms.